The Morgan fingerprint density at radius 3 is 2.81 bits per heavy atom. The van der Waals surface area contributed by atoms with Crippen molar-refractivity contribution >= 4 is 39.2 Å². The Balaban J connectivity index is 1.59. The molecule has 2 heterocycles. The second-order valence-electron chi connectivity index (χ2n) is 6.53. The molecule has 128 valence electrons. The van der Waals surface area contributed by atoms with Gasteiger partial charge in [-0.25, -0.2) is 0 Å². The number of hydrazone groups is 1. The van der Waals surface area contributed by atoms with Crippen LogP contribution in [-0.4, -0.2) is 11.0 Å². The third-order valence-corrected chi connectivity index (χ3v) is 6.33. The van der Waals surface area contributed by atoms with E-state index in [9.17, 15) is 4.79 Å². The molecule has 2 N–H and O–H groups in total. The summed E-state index contributed by atoms with van der Waals surface area (Å²) in [5.74, 6) is -0.0651. The van der Waals surface area contributed by atoms with Gasteiger partial charge < -0.3 is 5.32 Å². The fourth-order valence-corrected chi connectivity index (χ4v) is 4.79. The van der Waals surface area contributed by atoms with Gasteiger partial charge >= 0.3 is 0 Å². The van der Waals surface area contributed by atoms with Crippen LogP contribution >= 0.6 is 11.8 Å². The van der Waals surface area contributed by atoms with Crippen LogP contribution in [0.25, 0.3) is 10.8 Å². The third-order valence-electron chi connectivity index (χ3n) is 5.02. The molecule has 0 saturated heterocycles. The highest BCUT2D eigenvalue weighted by molar-refractivity contribution is 8.16. The molecular formula is C21H17N3OS. The van der Waals surface area contributed by atoms with Gasteiger partial charge in [-0.15, -0.1) is 0 Å². The summed E-state index contributed by atoms with van der Waals surface area (Å²) in [5, 5.41) is 10.7. The van der Waals surface area contributed by atoms with Crippen molar-refractivity contribution in [1.82, 2.24) is 5.43 Å². The predicted molar refractivity (Wildman–Crippen MR) is 107 cm³/mol. The third kappa shape index (κ3) is 2.10. The largest absolute Gasteiger partial charge is 0.323 e. The van der Waals surface area contributed by atoms with Crippen LogP contribution in [0.4, 0.5) is 5.69 Å². The summed E-state index contributed by atoms with van der Waals surface area (Å²) in [4.78, 5) is 11.9. The molecule has 26 heavy (non-hydrogen) atoms. The Hall–Kier alpha value is -2.79. The van der Waals surface area contributed by atoms with E-state index in [2.05, 4.69) is 59.2 Å². The summed E-state index contributed by atoms with van der Waals surface area (Å²) < 4.78 is 0. The summed E-state index contributed by atoms with van der Waals surface area (Å²) in [5.41, 5.74) is 7.22. The number of thioether (sulfide) groups is 1. The van der Waals surface area contributed by atoms with Crippen molar-refractivity contribution in [1.29, 1.82) is 0 Å². The highest BCUT2D eigenvalue weighted by Gasteiger charge is 2.52. The maximum Gasteiger partial charge on any atom is 0.267 e. The first-order valence-electron chi connectivity index (χ1n) is 8.68. The number of nitrogens with zero attached hydrogens (tertiary/aromatic N) is 1. The Morgan fingerprint density at radius 1 is 1.08 bits per heavy atom. The second kappa shape index (κ2) is 5.61. The number of hydrogen-bond donors (Lipinski definition) is 2. The van der Waals surface area contributed by atoms with E-state index in [0.29, 0.717) is 0 Å². The number of rotatable bonds is 2. The van der Waals surface area contributed by atoms with Crippen LogP contribution in [0, 0.1) is 0 Å². The van der Waals surface area contributed by atoms with Crippen LogP contribution in [0.15, 0.2) is 65.8 Å². The Bertz CT molecular complexity index is 1090. The number of fused-ring (bicyclic) bond motifs is 3. The predicted octanol–water partition coefficient (Wildman–Crippen LogP) is 4.21. The first-order valence-corrected chi connectivity index (χ1v) is 9.50. The summed E-state index contributed by atoms with van der Waals surface area (Å²) in [6.07, 6.45) is 0.930. The quantitative estimate of drug-likeness (QED) is 0.721. The van der Waals surface area contributed by atoms with E-state index in [1.807, 2.05) is 24.3 Å². The van der Waals surface area contributed by atoms with Crippen LogP contribution < -0.4 is 10.7 Å². The number of carbonyl (C=O) groups is 1. The van der Waals surface area contributed by atoms with E-state index in [0.717, 1.165) is 33.7 Å². The lowest BCUT2D eigenvalue weighted by atomic mass is 10.0. The fraction of sp³-hybridized carbons (Fsp3) is 0.143. The molecule has 0 saturated carbocycles. The van der Waals surface area contributed by atoms with E-state index in [1.165, 1.54) is 22.7 Å². The summed E-state index contributed by atoms with van der Waals surface area (Å²) in [6.45, 7) is 2.12. The van der Waals surface area contributed by atoms with Crippen LogP contribution in [0.2, 0.25) is 0 Å². The molecule has 0 aromatic heterocycles. The smallest absolute Gasteiger partial charge is 0.267 e. The molecule has 0 bridgehead atoms. The molecule has 0 aliphatic carbocycles. The van der Waals surface area contributed by atoms with Gasteiger partial charge in [0.15, 0.2) is 0 Å². The molecular weight excluding hydrogens is 342 g/mol. The molecule has 2 aliphatic rings. The first-order chi connectivity index (χ1) is 12.7. The number of hydrogen-bond acceptors (Lipinski definition) is 4. The highest BCUT2D eigenvalue weighted by Crippen LogP contribution is 2.48. The maximum absolute atomic E-state index is 12.8. The zero-order valence-corrected chi connectivity index (χ0v) is 15.1. The zero-order chi connectivity index (χ0) is 17.7. The topological polar surface area (TPSA) is 53.5 Å². The average Bonchev–Trinajstić information content (AvgIpc) is 3.24. The van der Waals surface area contributed by atoms with Crippen molar-refractivity contribution < 1.29 is 4.79 Å². The number of anilines is 1. The number of benzene rings is 3. The summed E-state index contributed by atoms with van der Waals surface area (Å²) in [7, 11) is 0. The van der Waals surface area contributed by atoms with Crippen molar-refractivity contribution in [3.63, 3.8) is 0 Å². The van der Waals surface area contributed by atoms with Gasteiger partial charge in [-0.05, 0) is 34.9 Å². The lowest BCUT2D eigenvalue weighted by molar-refractivity contribution is -0.118. The van der Waals surface area contributed by atoms with Crippen molar-refractivity contribution in [3.8, 4) is 0 Å². The number of carbonyl (C=O) groups excluding carboxylic acids is 1. The van der Waals surface area contributed by atoms with E-state index >= 15 is 0 Å². The van der Waals surface area contributed by atoms with Crippen LogP contribution in [0.3, 0.4) is 0 Å². The van der Waals surface area contributed by atoms with Gasteiger partial charge in [0.25, 0.3) is 5.91 Å². The molecule has 1 atom stereocenters. The molecule has 5 rings (SSSR count). The second-order valence-corrected chi connectivity index (χ2v) is 7.73. The van der Waals surface area contributed by atoms with Crippen molar-refractivity contribution in [2.75, 3.05) is 5.32 Å². The lowest BCUT2D eigenvalue weighted by Crippen LogP contribution is -2.39. The van der Waals surface area contributed by atoms with E-state index in [4.69, 9.17) is 0 Å². The minimum Gasteiger partial charge on any atom is -0.323 e. The molecule has 2 aliphatic heterocycles. The zero-order valence-electron chi connectivity index (χ0n) is 14.2. The normalized spacial score (nSPS) is 20.8. The molecule has 5 heteroatoms. The van der Waals surface area contributed by atoms with Gasteiger partial charge in [0, 0.05) is 16.8 Å². The molecule has 3 aromatic carbocycles. The van der Waals surface area contributed by atoms with Gasteiger partial charge in [0.1, 0.15) is 5.04 Å². The van der Waals surface area contributed by atoms with Crippen molar-refractivity contribution in [3.05, 3.63) is 77.4 Å². The van der Waals surface area contributed by atoms with Gasteiger partial charge in [-0.3, -0.25) is 10.2 Å². The van der Waals surface area contributed by atoms with Crippen molar-refractivity contribution in [2.24, 2.45) is 5.10 Å². The molecule has 0 fully saturated rings. The van der Waals surface area contributed by atoms with Crippen LogP contribution in [-0.2, 0) is 16.1 Å². The molecule has 4 nitrogen and oxygen atoms in total. The van der Waals surface area contributed by atoms with E-state index < -0.39 is 4.87 Å². The minimum absolute atomic E-state index is 0.0651. The van der Waals surface area contributed by atoms with Crippen LogP contribution in [0.1, 0.15) is 23.6 Å². The number of amides is 1. The summed E-state index contributed by atoms with van der Waals surface area (Å²) in [6, 6.07) is 20.6. The Kier molecular flexibility index (Phi) is 3.34. The average molecular weight is 359 g/mol. The van der Waals surface area contributed by atoms with Crippen molar-refractivity contribution in [2.45, 2.75) is 18.2 Å². The van der Waals surface area contributed by atoms with Gasteiger partial charge in [0.2, 0.25) is 4.87 Å². The number of aryl methyl sites for hydroxylation is 1. The minimum atomic E-state index is -0.882. The Morgan fingerprint density at radius 2 is 1.92 bits per heavy atom. The monoisotopic (exact) mass is 359 g/mol. The molecule has 0 radical (unpaired) electrons. The first kappa shape index (κ1) is 15.5. The number of nitrogens with one attached hydrogen (secondary N) is 2. The van der Waals surface area contributed by atoms with Crippen LogP contribution in [0.5, 0.6) is 0 Å². The SMILES string of the molecule is CCc1ccc2c(c1)[C@@]1(NN=C(c3cccc4ccccc34)S1)C(=O)N2. The molecule has 0 unspecified atom stereocenters. The van der Waals surface area contributed by atoms with E-state index in [-0.39, 0.29) is 5.91 Å². The maximum atomic E-state index is 12.8. The summed E-state index contributed by atoms with van der Waals surface area (Å²) >= 11 is 1.49. The molecule has 1 amide bonds. The fourth-order valence-electron chi connectivity index (χ4n) is 3.60. The van der Waals surface area contributed by atoms with Gasteiger partial charge in [0.05, 0.1) is 0 Å². The van der Waals surface area contributed by atoms with E-state index in [1.54, 1.807) is 0 Å². The highest BCUT2D eigenvalue weighted by atomic mass is 32.2. The standard InChI is InChI=1S/C21H17N3OS/c1-2-13-10-11-18-17(12-13)21(20(25)22-18)24-23-19(26-21)16-9-5-7-14-6-3-4-8-15(14)16/h3-12,24H,2H2,1H3,(H,22,25)/t21-/m0/s1. The lowest BCUT2D eigenvalue weighted by Gasteiger charge is -2.20. The molecule has 3 aromatic rings. The molecule has 1 spiro atoms. The van der Waals surface area contributed by atoms with Gasteiger partial charge in [-0.2, -0.15) is 5.10 Å². The van der Waals surface area contributed by atoms with Gasteiger partial charge in [-0.1, -0.05) is 67.2 Å². The Labute approximate surface area is 155 Å².